The Hall–Kier alpha value is -3.37. The Morgan fingerprint density at radius 3 is 2.28 bits per heavy atom. The van der Waals surface area contributed by atoms with Crippen LogP contribution in [0.4, 0.5) is 0 Å². The molecule has 0 atom stereocenters. The molecule has 0 amide bonds. The second kappa shape index (κ2) is 8.47. The maximum Gasteiger partial charge on any atom is 0.206 e. The second-order valence-electron chi connectivity index (χ2n) is 5.26. The summed E-state index contributed by atoms with van der Waals surface area (Å²) in [6.07, 6.45) is 0.482. The van der Waals surface area contributed by atoms with E-state index < -0.39 is 0 Å². The van der Waals surface area contributed by atoms with Gasteiger partial charge in [-0.15, -0.1) is 0 Å². The van der Waals surface area contributed by atoms with Crippen LogP contribution in [0.3, 0.4) is 0 Å². The Bertz CT molecular complexity index is 881. The van der Waals surface area contributed by atoms with Gasteiger partial charge in [-0.25, -0.2) is 0 Å². The van der Waals surface area contributed by atoms with Crippen LogP contribution in [0.15, 0.2) is 59.9 Å². The minimum absolute atomic E-state index is 0.0366. The summed E-state index contributed by atoms with van der Waals surface area (Å²) >= 11 is 0. The number of carbonyl (C=O) groups excluding carboxylic acids is 1. The SMILES string of the molecule is CCO/C(CC)=C(\C#N)C(=O)c1ccc(-c2ccccc2C#N)cc1. The predicted octanol–water partition coefficient (Wildman–Crippen LogP) is 4.63. The van der Waals surface area contributed by atoms with E-state index in [1.54, 1.807) is 30.3 Å². The number of rotatable bonds is 6. The Kier molecular flexibility index (Phi) is 6.09. The molecule has 0 saturated heterocycles. The highest BCUT2D eigenvalue weighted by Crippen LogP contribution is 2.24. The second-order valence-corrected chi connectivity index (χ2v) is 5.26. The third-order valence-electron chi connectivity index (χ3n) is 3.76. The van der Waals surface area contributed by atoms with Gasteiger partial charge in [0.2, 0.25) is 5.78 Å². The van der Waals surface area contributed by atoms with E-state index in [-0.39, 0.29) is 11.4 Å². The first-order chi connectivity index (χ1) is 12.2. The van der Waals surface area contributed by atoms with Crippen molar-refractivity contribution in [3.05, 3.63) is 71.0 Å². The molecular formula is C21H18N2O2. The quantitative estimate of drug-likeness (QED) is 0.335. The monoisotopic (exact) mass is 330 g/mol. The Labute approximate surface area is 147 Å². The number of hydrogen-bond acceptors (Lipinski definition) is 4. The van der Waals surface area contributed by atoms with Crippen molar-refractivity contribution in [2.75, 3.05) is 6.61 Å². The topological polar surface area (TPSA) is 73.9 Å². The summed E-state index contributed by atoms with van der Waals surface area (Å²) in [4.78, 5) is 12.6. The van der Waals surface area contributed by atoms with Gasteiger partial charge in [0.1, 0.15) is 17.4 Å². The molecular weight excluding hydrogens is 312 g/mol. The van der Waals surface area contributed by atoms with Crippen molar-refractivity contribution in [2.24, 2.45) is 0 Å². The number of carbonyl (C=O) groups is 1. The number of ether oxygens (including phenoxy) is 1. The van der Waals surface area contributed by atoms with Gasteiger partial charge in [0.25, 0.3) is 0 Å². The molecule has 2 rings (SSSR count). The van der Waals surface area contributed by atoms with Gasteiger partial charge in [-0.1, -0.05) is 49.4 Å². The normalized spacial score (nSPS) is 11.0. The summed E-state index contributed by atoms with van der Waals surface area (Å²) in [5.41, 5.74) is 2.68. The molecule has 4 heteroatoms. The fourth-order valence-electron chi connectivity index (χ4n) is 2.54. The number of ketones is 1. The maximum atomic E-state index is 12.6. The summed E-state index contributed by atoms with van der Waals surface area (Å²) in [5.74, 6) is 0.0572. The van der Waals surface area contributed by atoms with Crippen LogP contribution in [-0.4, -0.2) is 12.4 Å². The van der Waals surface area contributed by atoms with Crippen LogP contribution in [-0.2, 0) is 4.74 Å². The van der Waals surface area contributed by atoms with Crippen LogP contribution >= 0.6 is 0 Å². The van der Waals surface area contributed by atoms with Crippen molar-refractivity contribution in [3.63, 3.8) is 0 Å². The molecule has 25 heavy (non-hydrogen) atoms. The molecule has 0 aliphatic rings. The summed E-state index contributed by atoms with van der Waals surface area (Å²) < 4.78 is 5.41. The van der Waals surface area contributed by atoms with Crippen LogP contribution < -0.4 is 0 Å². The molecule has 2 aromatic rings. The van der Waals surface area contributed by atoms with E-state index in [0.29, 0.717) is 29.9 Å². The van der Waals surface area contributed by atoms with Crippen molar-refractivity contribution < 1.29 is 9.53 Å². The molecule has 0 saturated carbocycles. The first kappa shape index (κ1) is 18.0. The number of allylic oxidation sites excluding steroid dienone is 2. The molecule has 4 nitrogen and oxygen atoms in total. The summed E-state index contributed by atoms with van der Waals surface area (Å²) in [6, 6.07) is 18.3. The summed E-state index contributed by atoms with van der Waals surface area (Å²) in [7, 11) is 0. The van der Waals surface area contributed by atoms with Gasteiger partial charge in [-0.2, -0.15) is 10.5 Å². The number of nitriles is 2. The van der Waals surface area contributed by atoms with E-state index >= 15 is 0 Å². The zero-order valence-corrected chi connectivity index (χ0v) is 14.2. The van der Waals surface area contributed by atoms with Crippen molar-refractivity contribution >= 4 is 5.78 Å². The van der Waals surface area contributed by atoms with Crippen molar-refractivity contribution in [1.29, 1.82) is 10.5 Å². The van der Waals surface area contributed by atoms with E-state index in [9.17, 15) is 15.3 Å². The average molecular weight is 330 g/mol. The zero-order chi connectivity index (χ0) is 18.2. The number of benzene rings is 2. The fraction of sp³-hybridized carbons (Fsp3) is 0.190. The number of Topliss-reactive ketones (excluding diaryl/α,β-unsaturated/α-hetero) is 1. The fourth-order valence-corrected chi connectivity index (χ4v) is 2.54. The molecule has 0 aromatic heterocycles. The van der Waals surface area contributed by atoms with Crippen LogP contribution in [0.5, 0.6) is 0 Å². The average Bonchev–Trinajstić information content (AvgIpc) is 2.67. The lowest BCUT2D eigenvalue weighted by molar-refractivity contribution is 0.102. The lowest BCUT2D eigenvalue weighted by Crippen LogP contribution is -2.07. The Balaban J connectivity index is 2.38. The third-order valence-corrected chi connectivity index (χ3v) is 3.76. The molecule has 0 aliphatic carbocycles. The zero-order valence-electron chi connectivity index (χ0n) is 14.2. The first-order valence-electron chi connectivity index (χ1n) is 8.06. The Morgan fingerprint density at radius 1 is 1.04 bits per heavy atom. The molecule has 2 aromatic carbocycles. The molecule has 124 valence electrons. The highest BCUT2D eigenvalue weighted by atomic mass is 16.5. The molecule has 0 bridgehead atoms. The molecule has 0 fully saturated rings. The summed E-state index contributed by atoms with van der Waals surface area (Å²) in [6.45, 7) is 4.07. The standard InChI is InChI=1S/C21H18N2O2/c1-3-20(25-4-2)19(14-23)21(24)16-11-9-15(10-12-16)18-8-6-5-7-17(18)13-22/h5-12H,3-4H2,1-2H3/b20-19+. The van der Waals surface area contributed by atoms with Crippen molar-refractivity contribution in [2.45, 2.75) is 20.3 Å². The van der Waals surface area contributed by atoms with E-state index in [1.807, 2.05) is 38.1 Å². The molecule has 0 radical (unpaired) electrons. The van der Waals surface area contributed by atoms with Crippen LogP contribution in [0.2, 0.25) is 0 Å². The van der Waals surface area contributed by atoms with Gasteiger partial charge in [-0.05, 0) is 24.1 Å². The van der Waals surface area contributed by atoms with Gasteiger partial charge in [0.05, 0.1) is 18.2 Å². The van der Waals surface area contributed by atoms with E-state index in [2.05, 4.69) is 6.07 Å². The minimum Gasteiger partial charge on any atom is -0.497 e. The van der Waals surface area contributed by atoms with Gasteiger partial charge in [0.15, 0.2) is 0 Å². The number of hydrogen-bond donors (Lipinski definition) is 0. The Morgan fingerprint density at radius 2 is 1.72 bits per heavy atom. The molecule has 0 heterocycles. The maximum absolute atomic E-state index is 12.6. The largest absolute Gasteiger partial charge is 0.497 e. The van der Waals surface area contributed by atoms with Gasteiger partial charge < -0.3 is 4.74 Å². The van der Waals surface area contributed by atoms with Gasteiger partial charge in [-0.3, -0.25) is 4.79 Å². The third kappa shape index (κ3) is 3.94. The van der Waals surface area contributed by atoms with Crippen LogP contribution in [0.25, 0.3) is 11.1 Å². The molecule has 0 unspecified atom stereocenters. The highest BCUT2D eigenvalue weighted by Gasteiger charge is 2.18. The highest BCUT2D eigenvalue weighted by molar-refractivity contribution is 6.11. The number of nitrogens with zero attached hydrogens (tertiary/aromatic N) is 2. The molecule has 0 spiro atoms. The smallest absolute Gasteiger partial charge is 0.206 e. The van der Waals surface area contributed by atoms with E-state index in [0.717, 1.165) is 11.1 Å². The van der Waals surface area contributed by atoms with Crippen molar-refractivity contribution in [1.82, 2.24) is 0 Å². The molecule has 0 N–H and O–H groups in total. The minimum atomic E-state index is -0.354. The van der Waals surface area contributed by atoms with Gasteiger partial charge >= 0.3 is 0 Å². The van der Waals surface area contributed by atoms with Gasteiger partial charge in [0, 0.05) is 12.0 Å². The van der Waals surface area contributed by atoms with E-state index in [1.165, 1.54) is 0 Å². The molecule has 0 aliphatic heterocycles. The lowest BCUT2D eigenvalue weighted by Gasteiger charge is -2.09. The lowest BCUT2D eigenvalue weighted by atomic mass is 9.96. The van der Waals surface area contributed by atoms with Crippen molar-refractivity contribution in [3.8, 4) is 23.3 Å². The summed E-state index contributed by atoms with van der Waals surface area (Å²) in [5, 5.41) is 18.5. The van der Waals surface area contributed by atoms with E-state index in [4.69, 9.17) is 4.74 Å². The van der Waals surface area contributed by atoms with Crippen LogP contribution in [0.1, 0.15) is 36.2 Å². The first-order valence-corrected chi connectivity index (χ1v) is 8.06. The predicted molar refractivity (Wildman–Crippen MR) is 95.5 cm³/mol. The van der Waals surface area contributed by atoms with Crippen LogP contribution in [0, 0.1) is 22.7 Å².